The number of nitrogens with zero attached hydrogens (tertiary/aromatic N) is 2. The Morgan fingerprint density at radius 1 is 1.50 bits per heavy atom. The molecular formula is C14H19N3O. The number of hydrogen-bond acceptors (Lipinski definition) is 3. The van der Waals surface area contributed by atoms with Gasteiger partial charge in [0, 0.05) is 12.6 Å². The third-order valence-electron chi connectivity index (χ3n) is 2.72. The Kier molecular flexibility index (Phi) is 3.67. The summed E-state index contributed by atoms with van der Waals surface area (Å²) in [5, 5.41) is 0. The van der Waals surface area contributed by atoms with Crippen LogP contribution in [0.15, 0.2) is 30.4 Å². The zero-order chi connectivity index (χ0) is 13.1. The van der Waals surface area contributed by atoms with E-state index in [9.17, 15) is 0 Å². The van der Waals surface area contributed by atoms with E-state index in [-0.39, 0.29) is 0 Å². The van der Waals surface area contributed by atoms with E-state index in [0.29, 0.717) is 13.2 Å². The van der Waals surface area contributed by atoms with Crippen molar-refractivity contribution in [3.63, 3.8) is 0 Å². The smallest absolute Gasteiger partial charge is 0.123 e. The van der Waals surface area contributed by atoms with Crippen molar-refractivity contribution in [2.75, 3.05) is 6.61 Å². The summed E-state index contributed by atoms with van der Waals surface area (Å²) in [6, 6.07) is 5.94. The van der Waals surface area contributed by atoms with Crippen LogP contribution < -0.4 is 10.5 Å². The molecule has 0 saturated carbocycles. The first kappa shape index (κ1) is 12.6. The van der Waals surface area contributed by atoms with E-state index in [1.165, 1.54) is 0 Å². The van der Waals surface area contributed by atoms with Crippen LogP contribution in [0.25, 0.3) is 11.0 Å². The van der Waals surface area contributed by atoms with E-state index in [1.807, 2.05) is 32.0 Å². The Hall–Kier alpha value is -1.81. The summed E-state index contributed by atoms with van der Waals surface area (Å²) < 4.78 is 7.58. The number of hydrogen-bond donors (Lipinski definition) is 1. The molecule has 4 heteroatoms. The van der Waals surface area contributed by atoms with Gasteiger partial charge in [-0.1, -0.05) is 12.2 Å². The Bertz CT molecular complexity index is 572. The zero-order valence-corrected chi connectivity index (χ0v) is 10.9. The van der Waals surface area contributed by atoms with Crippen LogP contribution in [-0.2, 0) is 13.1 Å². The van der Waals surface area contributed by atoms with Crippen LogP contribution in [0.3, 0.4) is 0 Å². The van der Waals surface area contributed by atoms with E-state index in [2.05, 4.69) is 16.1 Å². The second-order valence-corrected chi connectivity index (χ2v) is 4.36. The largest absolute Gasteiger partial charge is 0.494 e. The number of allylic oxidation sites excluding steroid dienone is 1. The molecule has 1 aromatic heterocycles. The summed E-state index contributed by atoms with van der Waals surface area (Å²) in [5.41, 5.74) is 8.81. The molecule has 2 N–H and O–H groups in total. The summed E-state index contributed by atoms with van der Waals surface area (Å²) in [5.74, 6) is 1.72. The van der Waals surface area contributed by atoms with Crippen molar-refractivity contribution in [1.82, 2.24) is 9.55 Å². The van der Waals surface area contributed by atoms with Gasteiger partial charge in [0.05, 0.1) is 24.2 Å². The molecule has 2 rings (SSSR count). The SMILES string of the molecule is C=C(C)Cn1c(CN)nc2cc(OCC)ccc21. The van der Waals surface area contributed by atoms with Crippen molar-refractivity contribution in [2.45, 2.75) is 26.9 Å². The number of fused-ring (bicyclic) bond motifs is 1. The third-order valence-corrected chi connectivity index (χ3v) is 2.72. The van der Waals surface area contributed by atoms with Gasteiger partial charge in [-0.3, -0.25) is 0 Å². The highest BCUT2D eigenvalue weighted by Gasteiger charge is 2.10. The first-order valence-electron chi connectivity index (χ1n) is 6.12. The molecule has 96 valence electrons. The lowest BCUT2D eigenvalue weighted by Gasteiger charge is -2.07. The van der Waals surface area contributed by atoms with Gasteiger partial charge in [-0.05, 0) is 26.0 Å². The first-order valence-corrected chi connectivity index (χ1v) is 6.12. The molecule has 1 aromatic carbocycles. The van der Waals surface area contributed by atoms with Gasteiger partial charge in [0.15, 0.2) is 0 Å². The topological polar surface area (TPSA) is 53.1 Å². The van der Waals surface area contributed by atoms with Crippen LogP contribution in [-0.4, -0.2) is 16.2 Å². The second-order valence-electron chi connectivity index (χ2n) is 4.36. The fourth-order valence-corrected chi connectivity index (χ4v) is 2.02. The maximum atomic E-state index is 5.74. The molecule has 0 aliphatic carbocycles. The molecule has 0 saturated heterocycles. The quantitative estimate of drug-likeness (QED) is 0.823. The molecular weight excluding hydrogens is 226 g/mol. The summed E-state index contributed by atoms with van der Waals surface area (Å²) in [6.07, 6.45) is 0. The lowest BCUT2D eigenvalue weighted by Crippen LogP contribution is -2.08. The van der Waals surface area contributed by atoms with E-state index in [4.69, 9.17) is 10.5 Å². The van der Waals surface area contributed by atoms with E-state index in [0.717, 1.165) is 34.7 Å². The van der Waals surface area contributed by atoms with Gasteiger partial charge in [0.2, 0.25) is 0 Å². The summed E-state index contributed by atoms with van der Waals surface area (Å²) >= 11 is 0. The number of imidazole rings is 1. The van der Waals surface area contributed by atoms with Crippen molar-refractivity contribution < 1.29 is 4.74 Å². The Labute approximate surface area is 107 Å². The molecule has 1 heterocycles. The van der Waals surface area contributed by atoms with Gasteiger partial charge < -0.3 is 15.0 Å². The minimum Gasteiger partial charge on any atom is -0.494 e. The molecule has 0 amide bonds. The molecule has 18 heavy (non-hydrogen) atoms. The molecule has 0 unspecified atom stereocenters. The fraction of sp³-hybridized carbons (Fsp3) is 0.357. The predicted molar refractivity (Wildman–Crippen MR) is 73.6 cm³/mol. The standard InChI is InChI=1S/C14H19N3O/c1-4-18-11-5-6-13-12(7-11)16-14(8-15)17(13)9-10(2)3/h5-7H,2,4,8-9,15H2,1,3H3. The van der Waals surface area contributed by atoms with Crippen molar-refractivity contribution in [2.24, 2.45) is 5.73 Å². The molecule has 0 bridgehead atoms. The monoisotopic (exact) mass is 245 g/mol. The molecule has 0 atom stereocenters. The maximum Gasteiger partial charge on any atom is 0.123 e. The highest BCUT2D eigenvalue weighted by atomic mass is 16.5. The summed E-state index contributed by atoms with van der Waals surface area (Å²) in [7, 11) is 0. The van der Waals surface area contributed by atoms with Crippen molar-refractivity contribution in [3.8, 4) is 5.75 Å². The van der Waals surface area contributed by atoms with Crippen LogP contribution in [0.2, 0.25) is 0 Å². The minimum absolute atomic E-state index is 0.423. The predicted octanol–water partition coefficient (Wildman–Crippen LogP) is 2.47. The fourth-order valence-electron chi connectivity index (χ4n) is 2.02. The number of nitrogens with two attached hydrogens (primary N) is 1. The van der Waals surface area contributed by atoms with E-state index >= 15 is 0 Å². The summed E-state index contributed by atoms with van der Waals surface area (Å²) in [4.78, 5) is 4.54. The Morgan fingerprint density at radius 2 is 2.28 bits per heavy atom. The van der Waals surface area contributed by atoms with Crippen LogP contribution in [0.1, 0.15) is 19.7 Å². The minimum atomic E-state index is 0.423. The van der Waals surface area contributed by atoms with Gasteiger partial charge in [-0.15, -0.1) is 0 Å². The number of rotatable bonds is 5. The normalized spacial score (nSPS) is 10.8. The molecule has 0 radical (unpaired) electrons. The van der Waals surface area contributed by atoms with Gasteiger partial charge in [-0.2, -0.15) is 0 Å². The number of benzene rings is 1. The van der Waals surface area contributed by atoms with Crippen molar-refractivity contribution in [1.29, 1.82) is 0 Å². The summed E-state index contributed by atoms with van der Waals surface area (Å²) in [6.45, 7) is 9.74. The lowest BCUT2D eigenvalue weighted by atomic mass is 10.3. The Morgan fingerprint density at radius 3 is 2.89 bits per heavy atom. The third kappa shape index (κ3) is 2.38. The molecule has 4 nitrogen and oxygen atoms in total. The highest BCUT2D eigenvalue weighted by molar-refractivity contribution is 5.78. The van der Waals surface area contributed by atoms with Crippen LogP contribution in [0.5, 0.6) is 5.75 Å². The van der Waals surface area contributed by atoms with Gasteiger partial charge >= 0.3 is 0 Å². The van der Waals surface area contributed by atoms with Crippen molar-refractivity contribution >= 4 is 11.0 Å². The van der Waals surface area contributed by atoms with Gasteiger partial charge in [0.25, 0.3) is 0 Å². The average Bonchev–Trinajstić information content (AvgIpc) is 2.66. The van der Waals surface area contributed by atoms with Gasteiger partial charge in [-0.25, -0.2) is 4.98 Å². The van der Waals surface area contributed by atoms with Gasteiger partial charge in [0.1, 0.15) is 11.6 Å². The molecule has 2 aromatic rings. The van der Waals surface area contributed by atoms with Crippen LogP contribution in [0.4, 0.5) is 0 Å². The second kappa shape index (κ2) is 5.23. The zero-order valence-electron chi connectivity index (χ0n) is 10.9. The highest BCUT2D eigenvalue weighted by Crippen LogP contribution is 2.22. The molecule has 0 fully saturated rings. The molecule has 0 aliphatic heterocycles. The first-order chi connectivity index (χ1) is 8.65. The molecule has 0 aliphatic rings. The lowest BCUT2D eigenvalue weighted by molar-refractivity contribution is 0.340. The average molecular weight is 245 g/mol. The maximum absolute atomic E-state index is 5.74. The van der Waals surface area contributed by atoms with Crippen molar-refractivity contribution in [3.05, 3.63) is 36.2 Å². The van der Waals surface area contributed by atoms with E-state index < -0.39 is 0 Å². The van der Waals surface area contributed by atoms with Crippen LogP contribution >= 0.6 is 0 Å². The number of ether oxygens (including phenoxy) is 1. The number of aromatic nitrogens is 2. The van der Waals surface area contributed by atoms with E-state index in [1.54, 1.807) is 0 Å². The Balaban J connectivity index is 2.51. The van der Waals surface area contributed by atoms with Crippen LogP contribution in [0, 0.1) is 0 Å². The molecule has 0 spiro atoms.